The normalized spacial score (nSPS) is 42.2. The summed E-state index contributed by atoms with van der Waals surface area (Å²) in [6.07, 6.45) is 16.3. The number of hydrogen-bond acceptors (Lipinski definition) is 11. The number of amides is 1. The quantitative estimate of drug-likeness (QED) is 0.174. The van der Waals surface area contributed by atoms with Gasteiger partial charge in [-0.25, -0.2) is 4.79 Å². The summed E-state index contributed by atoms with van der Waals surface area (Å²) in [4.78, 5) is 71.7. The summed E-state index contributed by atoms with van der Waals surface area (Å²) in [5.74, 6) is -7.48. The second-order valence-corrected chi connectivity index (χ2v) is 19.1. The maximum absolute atomic E-state index is 14.3. The molecule has 1 saturated carbocycles. The molecule has 0 radical (unpaired) electrons. The van der Waals surface area contributed by atoms with Crippen molar-refractivity contribution in [2.75, 3.05) is 20.8 Å². The zero-order valence-corrected chi connectivity index (χ0v) is 37.9. The van der Waals surface area contributed by atoms with Crippen molar-refractivity contribution in [2.24, 2.45) is 41.4 Å². The molecule has 0 spiro atoms. The third-order valence-corrected chi connectivity index (χ3v) is 14.4. The van der Waals surface area contributed by atoms with Gasteiger partial charge in [0.15, 0.2) is 5.78 Å². The number of esters is 1. The number of fused-ring (bicyclic) bond motifs is 4. The van der Waals surface area contributed by atoms with Crippen LogP contribution in [0, 0.1) is 41.4 Å². The molecule has 5 aliphatic rings. The minimum absolute atomic E-state index is 0.0663. The number of aliphatic hydroxyl groups is 2. The largest absolute Gasteiger partial charge is 0.460 e. The summed E-state index contributed by atoms with van der Waals surface area (Å²) in [5.41, 5.74) is 1.51. The fourth-order valence-corrected chi connectivity index (χ4v) is 10.6. The molecule has 0 aromatic heterocycles. The van der Waals surface area contributed by atoms with E-state index < -0.39 is 71.7 Å². The van der Waals surface area contributed by atoms with Gasteiger partial charge in [0.2, 0.25) is 5.79 Å². The summed E-state index contributed by atoms with van der Waals surface area (Å²) in [7, 11) is 3.12. The number of ether oxygens (including phenoxy) is 4. The van der Waals surface area contributed by atoms with Crippen molar-refractivity contribution in [1.82, 2.24) is 4.90 Å². The smallest absolute Gasteiger partial charge is 0.329 e. The van der Waals surface area contributed by atoms with Gasteiger partial charge in [-0.3, -0.25) is 19.2 Å². The molecule has 1 aliphatic carbocycles. The Bertz CT molecular complexity index is 1700. The number of rotatable bonds is 4. The first-order valence-electron chi connectivity index (χ1n) is 22.9. The van der Waals surface area contributed by atoms with Crippen molar-refractivity contribution >= 4 is 29.2 Å². The Morgan fingerprint density at radius 2 is 1.64 bits per heavy atom. The van der Waals surface area contributed by atoms with E-state index >= 15 is 0 Å². The van der Waals surface area contributed by atoms with Crippen LogP contribution in [0.5, 0.6) is 0 Å². The highest BCUT2D eigenvalue weighted by molar-refractivity contribution is 6.39. The molecular weight excluding hydrogens is 779 g/mol. The molecule has 12 nitrogen and oxygen atoms in total. The number of carbonyl (C=O) groups is 5. The number of hydrogen-bond donors (Lipinski definition) is 2. The van der Waals surface area contributed by atoms with Crippen LogP contribution in [0.15, 0.2) is 47.6 Å². The van der Waals surface area contributed by atoms with Crippen molar-refractivity contribution in [3.05, 3.63) is 47.6 Å². The first-order chi connectivity index (χ1) is 29.0. The summed E-state index contributed by atoms with van der Waals surface area (Å²) < 4.78 is 23.7. The van der Waals surface area contributed by atoms with Crippen molar-refractivity contribution in [2.45, 2.75) is 167 Å². The molecule has 14 atom stereocenters. The monoisotopic (exact) mass is 852 g/mol. The van der Waals surface area contributed by atoms with Crippen LogP contribution in [0.2, 0.25) is 0 Å². The number of nitrogens with zero attached hydrogens (tertiary/aromatic N) is 1. The lowest BCUT2D eigenvalue weighted by molar-refractivity contribution is -0.263. The minimum atomic E-state index is -2.33. The molecule has 1 amide bonds. The summed E-state index contributed by atoms with van der Waals surface area (Å²) >= 11 is 0. The van der Waals surface area contributed by atoms with Gasteiger partial charge in [0.05, 0.1) is 12.2 Å². The summed E-state index contributed by atoms with van der Waals surface area (Å²) in [5, 5.41) is 23.3. The van der Waals surface area contributed by atoms with Gasteiger partial charge >= 0.3 is 5.97 Å². The molecular formula is C49H73NO11. The number of piperidine rings is 1. The molecule has 4 aliphatic heterocycles. The minimum Gasteiger partial charge on any atom is -0.460 e. The average Bonchev–Trinajstić information content (AvgIpc) is 3.24. The molecule has 0 aromatic carbocycles. The van der Waals surface area contributed by atoms with E-state index in [1.54, 1.807) is 34.0 Å². The number of allylic oxidation sites excluding steroid dienone is 7. The molecule has 4 fully saturated rings. The Balaban J connectivity index is 1.48. The van der Waals surface area contributed by atoms with Crippen molar-refractivity contribution < 1.29 is 53.1 Å². The van der Waals surface area contributed by atoms with Crippen LogP contribution in [-0.2, 0) is 42.9 Å². The zero-order chi connectivity index (χ0) is 44.6. The highest BCUT2D eigenvalue weighted by Gasteiger charge is 2.56. The molecule has 3 saturated heterocycles. The van der Waals surface area contributed by atoms with Gasteiger partial charge in [-0.05, 0) is 101 Å². The van der Waals surface area contributed by atoms with Gasteiger partial charge in [0.25, 0.3) is 11.7 Å². The first kappa shape index (κ1) is 48.7. The van der Waals surface area contributed by atoms with Crippen LogP contribution in [0.4, 0.5) is 0 Å². The van der Waals surface area contributed by atoms with Crippen LogP contribution < -0.4 is 0 Å². The molecule has 4 bridgehead atoms. The van der Waals surface area contributed by atoms with Crippen LogP contribution in [0.25, 0.3) is 0 Å². The van der Waals surface area contributed by atoms with Gasteiger partial charge in [-0.2, -0.15) is 0 Å². The van der Waals surface area contributed by atoms with E-state index in [1.807, 2.05) is 51.2 Å². The van der Waals surface area contributed by atoms with E-state index in [-0.39, 0.29) is 54.3 Å². The Kier molecular flexibility index (Phi) is 17.5. The fraction of sp³-hybridized carbons (Fsp3) is 0.735. The Hall–Kier alpha value is -3.29. The SMILES string of the molecule is COC1CCCC(CC2[C@H]3CCCN4C(=O)C(=O)C5(O)O[C@H](CC/C(C)=C/C=C/C=C/[C@@H](C)CC(C)C(=O)[C@H](OC)C(O)/C(C)=C/[C@@H](C)C(=O)C[C@@H]2OC(=O)C34)CCC5C)C1. The number of ketones is 3. The summed E-state index contributed by atoms with van der Waals surface area (Å²) in [6, 6.07) is -1.04. The van der Waals surface area contributed by atoms with Crippen LogP contribution in [0.1, 0.15) is 125 Å². The summed E-state index contributed by atoms with van der Waals surface area (Å²) in [6.45, 7) is 11.1. The predicted octanol–water partition coefficient (Wildman–Crippen LogP) is 6.80. The lowest BCUT2D eigenvalue weighted by Crippen LogP contribution is -2.65. The van der Waals surface area contributed by atoms with Gasteiger partial charge < -0.3 is 34.1 Å². The van der Waals surface area contributed by atoms with Gasteiger partial charge in [0.1, 0.15) is 30.1 Å². The van der Waals surface area contributed by atoms with E-state index in [9.17, 15) is 34.2 Å². The number of methoxy groups -OCH3 is 2. The number of Topliss-reactive ketones (excluding diaryl/α,β-unsaturated/α-hetero) is 3. The maximum atomic E-state index is 14.3. The highest BCUT2D eigenvalue weighted by atomic mass is 16.6. The molecule has 5 rings (SSSR count). The lowest BCUT2D eigenvalue weighted by Gasteiger charge is -2.50. The molecule has 61 heavy (non-hydrogen) atoms. The second kappa shape index (κ2) is 21.9. The first-order valence-corrected chi connectivity index (χ1v) is 22.9. The number of carbonyl (C=O) groups excluding carboxylic acids is 5. The van der Waals surface area contributed by atoms with E-state index in [0.717, 1.165) is 31.3 Å². The molecule has 8 unspecified atom stereocenters. The van der Waals surface area contributed by atoms with Crippen molar-refractivity contribution in [3.8, 4) is 0 Å². The van der Waals surface area contributed by atoms with E-state index in [0.29, 0.717) is 56.9 Å². The second-order valence-electron chi connectivity index (χ2n) is 19.1. The van der Waals surface area contributed by atoms with Gasteiger partial charge in [-0.15, -0.1) is 0 Å². The third kappa shape index (κ3) is 11.8. The van der Waals surface area contributed by atoms with Gasteiger partial charge in [0, 0.05) is 50.9 Å². The van der Waals surface area contributed by atoms with E-state index in [2.05, 4.69) is 0 Å². The molecule has 2 N–H and O–H groups in total. The topological polar surface area (TPSA) is 166 Å². The molecule has 0 aromatic rings. The predicted molar refractivity (Wildman–Crippen MR) is 231 cm³/mol. The Morgan fingerprint density at radius 3 is 2.36 bits per heavy atom. The highest BCUT2D eigenvalue weighted by Crippen LogP contribution is 2.45. The van der Waals surface area contributed by atoms with Crippen LogP contribution in [-0.4, -0.2) is 107 Å². The Morgan fingerprint density at radius 1 is 0.885 bits per heavy atom. The molecule has 4 heterocycles. The lowest BCUT2D eigenvalue weighted by atomic mass is 9.68. The van der Waals surface area contributed by atoms with E-state index in [1.165, 1.54) is 12.0 Å². The fourth-order valence-electron chi connectivity index (χ4n) is 10.6. The maximum Gasteiger partial charge on any atom is 0.329 e. The third-order valence-electron chi connectivity index (χ3n) is 14.4. The van der Waals surface area contributed by atoms with Crippen molar-refractivity contribution in [1.29, 1.82) is 0 Å². The van der Waals surface area contributed by atoms with Gasteiger partial charge in [-0.1, -0.05) is 82.6 Å². The number of aliphatic hydroxyl groups excluding tert-OH is 1. The van der Waals surface area contributed by atoms with Crippen LogP contribution >= 0.6 is 0 Å². The zero-order valence-electron chi connectivity index (χ0n) is 37.9. The molecule has 12 heteroatoms. The molecule has 340 valence electrons. The van der Waals surface area contributed by atoms with Crippen molar-refractivity contribution in [3.63, 3.8) is 0 Å². The van der Waals surface area contributed by atoms with E-state index in [4.69, 9.17) is 18.9 Å². The Labute approximate surface area is 363 Å². The standard InChI is InChI=1S/C49H73NO11/c1-29-14-10-9-11-15-30(2)24-32(4)43(52)45(59-8)44(53)33(5)25-31(3)40(51)28-41-39(27-35-16-12-17-37(26-35)58-7)38-18-13-23-50(42(38)48(56)60-41)47(55)46(54)49(57)34(6)20-22-36(61-49)21-19-29/h9-11,14-15,25,30-32,34-39,41-42,44-45,53,57H,12-13,16-24,26-28H2,1-8H3/b10-9+,15-11+,29-14+,33-25+/t30-,31-,32?,34?,35?,36-,37?,38-,39?,41+,42?,44?,45+,49?/m1/s1. The van der Waals surface area contributed by atoms with Crippen LogP contribution in [0.3, 0.4) is 0 Å². The average molecular weight is 852 g/mol.